The molecule has 1 aliphatic rings. The number of carbonyl (C=O) groups excluding carboxylic acids is 1. The average Bonchev–Trinajstić information content (AvgIpc) is 2.38. The van der Waals surface area contributed by atoms with Crippen LogP contribution in [0.25, 0.3) is 0 Å². The van der Waals surface area contributed by atoms with Crippen molar-refractivity contribution in [1.82, 2.24) is 0 Å². The van der Waals surface area contributed by atoms with Gasteiger partial charge in [-0.3, -0.25) is 15.5 Å². The predicted octanol–water partition coefficient (Wildman–Crippen LogP) is 2.09. The third-order valence-corrected chi connectivity index (χ3v) is 2.71. The van der Waals surface area contributed by atoms with Crippen molar-refractivity contribution in [2.45, 2.75) is 25.9 Å². The first kappa shape index (κ1) is 13.0. The number of esters is 1. The molecule has 1 N–H and O–H groups in total. The van der Waals surface area contributed by atoms with Crippen LogP contribution in [0.4, 0.5) is 11.4 Å². The van der Waals surface area contributed by atoms with Crippen molar-refractivity contribution >= 4 is 23.1 Å². The smallest absolute Gasteiger partial charge is 0.354 e. The molecule has 1 aliphatic heterocycles. The Labute approximate surface area is 109 Å². The van der Waals surface area contributed by atoms with Gasteiger partial charge in [0.05, 0.1) is 16.7 Å². The number of benzene rings is 1. The standard InChI is InChI=1S/C12H13N3O4/c1-8-5-6-11(12(16)19-8)14-13-9-3-2-4-10(7-9)15(17)18/h2-4,7-8,13H,5-6H2,1H3. The van der Waals surface area contributed by atoms with Gasteiger partial charge in [-0.1, -0.05) is 6.07 Å². The molecule has 19 heavy (non-hydrogen) atoms. The molecule has 1 aromatic carbocycles. The Kier molecular flexibility index (Phi) is 3.74. The average molecular weight is 263 g/mol. The van der Waals surface area contributed by atoms with Crippen LogP contribution in [0, 0.1) is 10.1 Å². The summed E-state index contributed by atoms with van der Waals surface area (Å²) in [5.41, 5.74) is 3.35. The monoisotopic (exact) mass is 263 g/mol. The molecule has 0 aliphatic carbocycles. The highest BCUT2D eigenvalue weighted by Gasteiger charge is 2.23. The maximum absolute atomic E-state index is 11.5. The van der Waals surface area contributed by atoms with Gasteiger partial charge in [-0.25, -0.2) is 4.79 Å². The van der Waals surface area contributed by atoms with E-state index in [1.165, 1.54) is 12.1 Å². The summed E-state index contributed by atoms with van der Waals surface area (Å²) in [5.74, 6) is -0.448. The Bertz CT molecular complexity index is 542. The molecular weight excluding hydrogens is 250 g/mol. The fourth-order valence-corrected chi connectivity index (χ4v) is 1.67. The zero-order valence-electron chi connectivity index (χ0n) is 10.3. The normalized spacial score (nSPS) is 21.0. The molecule has 100 valence electrons. The number of anilines is 1. The number of nitro groups is 1. The Morgan fingerprint density at radius 3 is 3.00 bits per heavy atom. The van der Waals surface area contributed by atoms with Gasteiger partial charge >= 0.3 is 5.97 Å². The van der Waals surface area contributed by atoms with E-state index in [2.05, 4.69) is 10.5 Å². The topological polar surface area (TPSA) is 93.8 Å². The van der Waals surface area contributed by atoms with Crippen molar-refractivity contribution in [3.05, 3.63) is 34.4 Å². The molecule has 1 saturated heterocycles. The number of nitrogens with one attached hydrogen (secondary N) is 1. The highest BCUT2D eigenvalue weighted by atomic mass is 16.6. The SMILES string of the molecule is CC1CCC(=NNc2cccc([N+](=O)[O-])c2)C(=O)O1. The molecule has 1 atom stereocenters. The first-order valence-corrected chi connectivity index (χ1v) is 5.84. The summed E-state index contributed by atoms with van der Waals surface area (Å²) < 4.78 is 5.03. The first-order valence-electron chi connectivity index (χ1n) is 5.84. The highest BCUT2D eigenvalue weighted by molar-refractivity contribution is 6.37. The molecule has 0 radical (unpaired) electrons. The molecular formula is C12H13N3O4. The second-order valence-corrected chi connectivity index (χ2v) is 4.23. The van der Waals surface area contributed by atoms with E-state index < -0.39 is 10.9 Å². The number of hydrogen-bond donors (Lipinski definition) is 1. The summed E-state index contributed by atoms with van der Waals surface area (Å²) in [4.78, 5) is 21.6. The number of hydrogen-bond acceptors (Lipinski definition) is 6. The van der Waals surface area contributed by atoms with E-state index in [0.29, 0.717) is 17.8 Å². The summed E-state index contributed by atoms with van der Waals surface area (Å²) in [5, 5.41) is 14.6. The van der Waals surface area contributed by atoms with Crippen molar-refractivity contribution in [3.8, 4) is 0 Å². The molecule has 1 aromatic rings. The first-order chi connectivity index (χ1) is 9.06. The van der Waals surface area contributed by atoms with Crippen LogP contribution in [-0.2, 0) is 9.53 Å². The molecule has 1 fully saturated rings. The molecule has 2 rings (SSSR count). The number of hydrazone groups is 1. The second-order valence-electron chi connectivity index (χ2n) is 4.23. The van der Waals surface area contributed by atoms with Crippen molar-refractivity contribution in [1.29, 1.82) is 0 Å². The maximum Gasteiger partial charge on any atom is 0.354 e. The fourth-order valence-electron chi connectivity index (χ4n) is 1.67. The lowest BCUT2D eigenvalue weighted by molar-refractivity contribution is -0.384. The quantitative estimate of drug-likeness (QED) is 0.512. The van der Waals surface area contributed by atoms with Crippen LogP contribution in [-0.4, -0.2) is 22.7 Å². The number of rotatable bonds is 3. The van der Waals surface area contributed by atoms with Crippen molar-refractivity contribution in [2.24, 2.45) is 5.10 Å². The van der Waals surface area contributed by atoms with E-state index in [1.807, 2.05) is 6.92 Å². The lowest BCUT2D eigenvalue weighted by atomic mass is 10.1. The van der Waals surface area contributed by atoms with Gasteiger partial charge in [-0.05, 0) is 19.4 Å². The minimum atomic E-state index is -0.491. The summed E-state index contributed by atoms with van der Waals surface area (Å²) >= 11 is 0. The Morgan fingerprint density at radius 2 is 2.32 bits per heavy atom. The van der Waals surface area contributed by atoms with E-state index in [9.17, 15) is 14.9 Å². The van der Waals surface area contributed by atoms with Crippen molar-refractivity contribution in [2.75, 3.05) is 5.43 Å². The fraction of sp³-hybridized carbons (Fsp3) is 0.333. The van der Waals surface area contributed by atoms with E-state index in [4.69, 9.17) is 4.74 Å². The van der Waals surface area contributed by atoms with Crippen LogP contribution in [0.15, 0.2) is 29.4 Å². The molecule has 7 nitrogen and oxygen atoms in total. The van der Waals surface area contributed by atoms with Gasteiger partial charge < -0.3 is 4.74 Å². The number of ether oxygens (including phenoxy) is 1. The highest BCUT2D eigenvalue weighted by Crippen LogP contribution is 2.18. The maximum atomic E-state index is 11.5. The van der Waals surface area contributed by atoms with Gasteiger partial charge in [0.25, 0.3) is 5.69 Å². The summed E-state index contributed by atoms with van der Waals surface area (Å²) in [6.07, 6.45) is 1.16. The number of nitro benzene ring substituents is 1. The third-order valence-electron chi connectivity index (χ3n) is 2.71. The van der Waals surface area contributed by atoms with Crippen molar-refractivity contribution < 1.29 is 14.5 Å². The van der Waals surface area contributed by atoms with Crippen LogP contribution in [0.2, 0.25) is 0 Å². The zero-order chi connectivity index (χ0) is 13.8. The van der Waals surface area contributed by atoms with E-state index in [0.717, 1.165) is 6.42 Å². The van der Waals surface area contributed by atoms with Gasteiger partial charge in [0.15, 0.2) is 0 Å². The number of non-ortho nitro benzene ring substituents is 1. The summed E-state index contributed by atoms with van der Waals surface area (Å²) in [6, 6.07) is 5.91. The van der Waals surface area contributed by atoms with Gasteiger partial charge in [-0.2, -0.15) is 5.10 Å². The summed E-state index contributed by atoms with van der Waals surface area (Å²) in [6.45, 7) is 1.82. The Hall–Kier alpha value is -2.44. The van der Waals surface area contributed by atoms with Crippen LogP contribution in [0.1, 0.15) is 19.8 Å². The molecule has 1 unspecified atom stereocenters. The van der Waals surface area contributed by atoms with Gasteiger partial charge in [0.1, 0.15) is 5.71 Å². The van der Waals surface area contributed by atoms with Gasteiger partial charge in [-0.15, -0.1) is 0 Å². The number of carbonyl (C=O) groups is 1. The molecule has 0 amide bonds. The number of cyclic esters (lactones) is 1. The molecule has 0 spiro atoms. The van der Waals surface area contributed by atoms with Gasteiger partial charge in [0.2, 0.25) is 0 Å². The van der Waals surface area contributed by atoms with Crippen LogP contribution in [0.5, 0.6) is 0 Å². The van der Waals surface area contributed by atoms with E-state index in [-0.39, 0.29) is 11.8 Å². The predicted molar refractivity (Wildman–Crippen MR) is 68.9 cm³/mol. The van der Waals surface area contributed by atoms with E-state index >= 15 is 0 Å². The van der Waals surface area contributed by atoms with Crippen LogP contribution >= 0.6 is 0 Å². The minimum absolute atomic E-state index is 0.0370. The largest absolute Gasteiger partial charge is 0.458 e. The molecule has 1 heterocycles. The molecule has 0 bridgehead atoms. The zero-order valence-corrected chi connectivity index (χ0v) is 10.3. The van der Waals surface area contributed by atoms with Gasteiger partial charge in [0, 0.05) is 18.6 Å². The van der Waals surface area contributed by atoms with E-state index in [1.54, 1.807) is 12.1 Å². The second kappa shape index (κ2) is 5.47. The lowest BCUT2D eigenvalue weighted by Gasteiger charge is -2.19. The number of nitrogens with zero attached hydrogens (tertiary/aromatic N) is 2. The molecule has 0 saturated carbocycles. The Morgan fingerprint density at radius 1 is 1.53 bits per heavy atom. The van der Waals surface area contributed by atoms with Crippen LogP contribution in [0.3, 0.4) is 0 Å². The van der Waals surface area contributed by atoms with Crippen molar-refractivity contribution in [3.63, 3.8) is 0 Å². The molecule has 7 heteroatoms. The van der Waals surface area contributed by atoms with Crippen LogP contribution < -0.4 is 5.43 Å². The Balaban J connectivity index is 2.07. The third kappa shape index (κ3) is 3.27. The summed E-state index contributed by atoms with van der Waals surface area (Å²) in [7, 11) is 0. The minimum Gasteiger partial charge on any atom is -0.458 e. The lowest BCUT2D eigenvalue weighted by Crippen LogP contribution is -2.30. The molecule has 0 aromatic heterocycles.